The Morgan fingerprint density at radius 1 is 1.09 bits per heavy atom. The van der Waals surface area contributed by atoms with Gasteiger partial charge in [0.15, 0.2) is 11.6 Å². The summed E-state index contributed by atoms with van der Waals surface area (Å²) in [5.41, 5.74) is 1.99. The van der Waals surface area contributed by atoms with Crippen molar-refractivity contribution >= 4 is 29.4 Å². The summed E-state index contributed by atoms with van der Waals surface area (Å²) < 4.78 is 5.96. The highest BCUT2D eigenvalue weighted by Gasteiger charge is 2.36. The van der Waals surface area contributed by atoms with Crippen molar-refractivity contribution in [1.82, 2.24) is 10.3 Å². The number of aromatic nitrogens is 1. The number of nitrogens with one attached hydrogen (secondary N) is 1. The standard InChI is InChI=1S/C26H27N3O3S/c1-33-21-13-11-19(12-14-21)15-17-27-23(30)10-6-18-29-25-22(9-5-16-28-25)32-24(26(29)31)20-7-3-2-4-8-20/h2-5,7-9,11-14,16,24H,6,10,15,17-18H2,1H3,(H,27,30)/t24-/m0/s1. The highest BCUT2D eigenvalue weighted by molar-refractivity contribution is 7.98. The van der Waals surface area contributed by atoms with Crippen molar-refractivity contribution in [3.8, 4) is 5.75 Å². The summed E-state index contributed by atoms with van der Waals surface area (Å²) >= 11 is 1.71. The van der Waals surface area contributed by atoms with Crippen LogP contribution in [0.5, 0.6) is 5.75 Å². The van der Waals surface area contributed by atoms with E-state index >= 15 is 0 Å². The second-order valence-electron chi connectivity index (χ2n) is 7.78. The molecule has 0 saturated heterocycles. The smallest absolute Gasteiger partial charge is 0.274 e. The number of thioether (sulfide) groups is 1. The Morgan fingerprint density at radius 2 is 1.88 bits per heavy atom. The quantitative estimate of drug-likeness (QED) is 0.478. The molecule has 1 aliphatic heterocycles. The number of anilines is 1. The van der Waals surface area contributed by atoms with Crippen molar-refractivity contribution in [1.29, 1.82) is 0 Å². The second-order valence-corrected chi connectivity index (χ2v) is 8.65. The van der Waals surface area contributed by atoms with Crippen LogP contribution in [0.2, 0.25) is 0 Å². The van der Waals surface area contributed by atoms with Crippen LogP contribution in [0.1, 0.15) is 30.1 Å². The van der Waals surface area contributed by atoms with Crippen LogP contribution >= 0.6 is 11.8 Å². The van der Waals surface area contributed by atoms with Crippen LogP contribution in [-0.4, -0.2) is 36.1 Å². The van der Waals surface area contributed by atoms with E-state index < -0.39 is 6.10 Å². The molecule has 3 aromatic rings. The maximum atomic E-state index is 13.2. The van der Waals surface area contributed by atoms with E-state index in [4.69, 9.17) is 4.74 Å². The number of ether oxygens (including phenoxy) is 1. The predicted octanol–water partition coefficient (Wildman–Crippen LogP) is 4.41. The number of carbonyl (C=O) groups excluding carboxylic acids is 2. The number of benzene rings is 2. The van der Waals surface area contributed by atoms with Crippen molar-refractivity contribution in [3.05, 3.63) is 84.1 Å². The van der Waals surface area contributed by atoms with Gasteiger partial charge in [0.05, 0.1) is 0 Å². The van der Waals surface area contributed by atoms with Crippen molar-refractivity contribution < 1.29 is 14.3 Å². The Morgan fingerprint density at radius 3 is 2.64 bits per heavy atom. The van der Waals surface area contributed by atoms with E-state index in [9.17, 15) is 9.59 Å². The molecule has 0 spiro atoms. The van der Waals surface area contributed by atoms with E-state index in [1.807, 2.05) is 36.4 Å². The van der Waals surface area contributed by atoms with E-state index in [1.165, 1.54) is 10.5 Å². The molecule has 2 amide bonds. The highest BCUT2D eigenvalue weighted by Crippen LogP contribution is 2.37. The highest BCUT2D eigenvalue weighted by atomic mass is 32.2. The summed E-state index contributed by atoms with van der Waals surface area (Å²) in [5, 5.41) is 2.97. The Hall–Kier alpha value is -3.32. The molecule has 0 fully saturated rings. The maximum absolute atomic E-state index is 13.2. The lowest BCUT2D eigenvalue weighted by Crippen LogP contribution is -2.42. The first-order chi connectivity index (χ1) is 16.2. The lowest BCUT2D eigenvalue weighted by Gasteiger charge is -2.33. The summed E-state index contributed by atoms with van der Waals surface area (Å²) in [6.07, 6.45) is 4.65. The zero-order valence-corrected chi connectivity index (χ0v) is 19.4. The number of hydrogen-bond acceptors (Lipinski definition) is 5. The Labute approximate surface area is 198 Å². The van der Waals surface area contributed by atoms with Crippen LogP contribution in [-0.2, 0) is 16.0 Å². The molecule has 1 aliphatic rings. The SMILES string of the molecule is CSc1ccc(CCNC(=O)CCCN2C(=O)[C@H](c3ccccc3)Oc3cccnc32)cc1. The van der Waals surface area contributed by atoms with Gasteiger partial charge in [0.25, 0.3) is 5.91 Å². The minimum Gasteiger partial charge on any atom is -0.472 e. The molecule has 0 unspecified atom stereocenters. The Bertz CT molecular complexity index is 1090. The molecule has 2 heterocycles. The molecular weight excluding hydrogens is 434 g/mol. The molecule has 4 rings (SSSR count). The zero-order chi connectivity index (χ0) is 23.0. The number of amides is 2. The van der Waals surface area contributed by atoms with Gasteiger partial charge in [0.1, 0.15) is 0 Å². The molecule has 7 heteroatoms. The monoisotopic (exact) mass is 461 g/mol. The number of rotatable bonds is 9. The van der Waals surface area contributed by atoms with Gasteiger partial charge in [-0.15, -0.1) is 11.8 Å². The van der Waals surface area contributed by atoms with Crippen molar-refractivity contribution in [3.63, 3.8) is 0 Å². The van der Waals surface area contributed by atoms with Gasteiger partial charge >= 0.3 is 0 Å². The lowest BCUT2D eigenvalue weighted by molar-refractivity contribution is -0.127. The molecule has 1 aromatic heterocycles. The summed E-state index contributed by atoms with van der Waals surface area (Å²) in [6.45, 7) is 0.994. The van der Waals surface area contributed by atoms with Crippen molar-refractivity contribution in [2.45, 2.75) is 30.3 Å². The third kappa shape index (κ3) is 5.73. The van der Waals surface area contributed by atoms with E-state index in [-0.39, 0.29) is 11.8 Å². The van der Waals surface area contributed by atoms with Crippen molar-refractivity contribution in [2.75, 3.05) is 24.2 Å². The van der Waals surface area contributed by atoms with E-state index in [0.717, 1.165) is 12.0 Å². The first kappa shape index (κ1) is 22.9. The molecule has 33 heavy (non-hydrogen) atoms. The average Bonchev–Trinajstić information content (AvgIpc) is 2.86. The van der Waals surface area contributed by atoms with Crippen LogP contribution in [0.15, 0.2) is 77.8 Å². The summed E-state index contributed by atoms with van der Waals surface area (Å²) in [6, 6.07) is 21.4. The van der Waals surface area contributed by atoms with Gasteiger partial charge in [0.2, 0.25) is 12.0 Å². The fourth-order valence-electron chi connectivity index (χ4n) is 3.78. The zero-order valence-electron chi connectivity index (χ0n) is 18.6. The number of nitrogens with zero attached hydrogens (tertiary/aromatic N) is 2. The van der Waals surface area contributed by atoms with Crippen LogP contribution < -0.4 is 15.0 Å². The summed E-state index contributed by atoms with van der Waals surface area (Å²) in [4.78, 5) is 32.7. The summed E-state index contributed by atoms with van der Waals surface area (Å²) in [7, 11) is 0. The van der Waals surface area contributed by atoms with E-state index in [2.05, 4.69) is 40.8 Å². The number of carbonyl (C=O) groups is 2. The molecule has 6 nitrogen and oxygen atoms in total. The van der Waals surface area contributed by atoms with Gasteiger partial charge in [-0.25, -0.2) is 4.98 Å². The molecule has 0 saturated carbocycles. The largest absolute Gasteiger partial charge is 0.472 e. The number of hydrogen-bond donors (Lipinski definition) is 1. The topological polar surface area (TPSA) is 71.5 Å². The van der Waals surface area contributed by atoms with Crippen LogP contribution in [0.4, 0.5) is 5.82 Å². The first-order valence-corrected chi connectivity index (χ1v) is 12.3. The first-order valence-electron chi connectivity index (χ1n) is 11.0. The van der Waals surface area contributed by atoms with Gasteiger partial charge in [-0.3, -0.25) is 14.5 Å². The lowest BCUT2D eigenvalue weighted by atomic mass is 10.1. The Balaban J connectivity index is 1.31. The Kier molecular flexibility index (Phi) is 7.62. The third-order valence-electron chi connectivity index (χ3n) is 5.52. The average molecular weight is 462 g/mol. The fraction of sp³-hybridized carbons (Fsp3) is 0.269. The second kappa shape index (κ2) is 11.0. The van der Waals surface area contributed by atoms with Gasteiger partial charge in [0, 0.05) is 36.2 Å². The predicted molar refractivity (Wildman–Crippen MR) is 131 cm³/mol. The minimum atomic E-state index is -0.714. The van der Waals surface area contributed by atoms with Crippen LogP contribution in [0.25, 0.3) is 0 Å². The molecular formula is C26H27N3O3S. The van der Waals surface area contributed by atoms with E-state index in [0.29, 0.717) is 37.5 Å². The summed E-state index contributed by atoms with van der Waals surface area (Å²) in [5.74, 6) is 0.894. The molecule has 0 radical (unpaired) electrons. The fourth-order valence-corrected chi connectivity index (χ4v) is 4.19. The van der Waals surface area contributed by atoms with Crippen LogP contribution in [0, 0.1) is 0 Å². The molecule has 0 aliphatic carbocycles. The van der Waals surface area contributed by atoms with Gasteiger partial charge in [-0.05, 0) is 48.9 Å². The maximum Gasteiger partial charge on any atom is 0.274 e. The molecule has 170 valence electrons. The van der Waals surface area contributed by atoms with Gasteiger partial charge in [-0.1, -0.05) is 42.5 Å². The normalized spacial score (nSPS) is 15.0. The third-order valence-corrected chi connectivity index (χ3v) is 6.27. The molecule has 2 aromatic carbocycles. The number of pyridine rings is 1. The molecule has 1 atom stereocenters. The van der Waals surface area contributed by atoms with Gasteiger partial charge < -0.3 is 10.1 Å². The van der Waals surface area contributed by atoms with Crippen LogP contribution in [0.3, 0.4) is 0 Å². The molecule has 0 bridgehead atoms. The number of fused-ring (bicyclic) bond motifs is 1. The minimum absolute atomic E-state index is 0.0164. The molecule has 1 N–H and O–H groups in total. The van der Waals surface area contributed by atoms with Crippen molar-refractivity contribution in [2.24, 2.45) is 0 Å². The van der Waals surface area contributed by atoms with Gasteiger partial charge in [-0.2, -0.15) is 0 Å². The van der Waals surface area contributed by atoms with E-state index in [1.54, 1.807) is 28.9 Å².